The maximum absolute atomic E-state index is 13.3. The van der Waals surface area contributed by atoms with Gasteiger partial charge in [-0.05, 0) is 25.1 Å². The molecule has 0 saturated heterocycles. The molecule has 1 heterocycles. The van der Waals surface area contributed by atoms with Crippen LogP contribution in [-0.2, 0) is 4.79 Å². The number of nitrogens with zero attached hydrogens (tertiary/aromatic N) is 1. The van der Waals surface area contributed by atoms with Gasteiger partial charge in [-0.3, -0.25) is 4.79 Å². The van der Waals surface area contributed by atoms with Crippen molar-refractivity contribution < 1.29 is 13.6 Å². The minimum atomic E-state index is -0.538. The second-order valence-corrected chi connectivity index (χ2v) is 5.58. The second-order valence-electron chi connectivity index (χ2n) is 3.71. The number of carbonyl (C=O) groups is 1. The lowest BCUT2D eigenvalue weighted by atomic mass is 10.3. The summed E-state index contributed by atoms with van der Waals surface area (Å²) in [4.78, 5) is 15.8. The number of anilines is 1. The summed E-state index contributed by atoms with van der Waals surface area (Å²) in [5, 5.41) is 4.92. The zero-order chi connectivity index (χ0) is 13.8. The molecule has 0 atom stereocenters. The third kappa shape index (κ3) is 4.00. The Kier molecular flexibility index (Phi) is 4.49. The van der Waals surface area contributed by atoms with Crippen molar-refractivity contribution in [1.82, 2.24) is 4.98 Å². The Morgan fingerprint density at radius 2 is 2.26 bits per heavy atom. The zero-order valence-corrected chi connectivity index (χ0v) is 11.6. The van der Waals surface area contributed by atoms with Crippen LogP contribution < -0.4 is 5.32 Å². The number of carbonyl (C=O) groups excluding carboxylic acids is 1. The van der Waals surface area contributed by atoms with Gasteiger partial charge in [0.25, 0.3) is 0 Å². The zero-order valence-electron chi connectivity index (χ0n) is 9.94. The minimum Gasteiger partial charge on any atom is -0.301 e. The van der Waals surface area contributed by atoms with Crippen molar-refractivity contribution in [1.29, 1.82) is 0 Å². The van der Waals surface area contributed by atoms with Crippen LogP contribution in [0.1, 0.15) is 5.69 Å². The first-order valence-corrected chi connectivity index (χ1v) is 7.21. The number of rotatable bonds is 4. The van der Waals surface area contributed by atoms with E-state index in [1.165, 1.54) is 11.3 Å². The highest BCUT2D eigenvalue weighted by atomic mass is 32.2. The van der Waals surface area contributed by atoms with Gasteiger partial charge in [-0.1, -0.05) is 0 Å². The third-order valence-corrected chi connectivity index (χ3v) is 4.02. The van der Waals surface area contributed by atoms with Gasteiger partial charge in [-0.15, -0.1) is 23.1 Å². The summed E-state index contributed by atoms with van der Waals surface area (Å²) in [6.07, 6.45) is 0. The predicted octanol–water partition coefficient (Wildman–Crippen LogP) is 3.46. The Bertz CT molecular complexity index is 601. The molecular weight excluding hydrogens is 290 g/mol. The fourth-order valence-electron chi connectivity index (χ4n) is 1.30. The van der Waals surface area contributed by atoms with E-state index in [4.69, 9.17) is 0 Å². The van der Waals surface area contributed by atoms with Gasteiger partial charge in [0.05, 0.1) is 11.4 Å². The van der Waals surface area contributed by atoms with Crippen LogP contribution in [0.2, 0.25) is 0 Å². The maximum Gasteiger partial charge on any atom is 0.236 e. The number of halogens is 2. The maximum atomic E-state index is 13.3. The summed E-state index contributed by atoms with van der Waals surface area (Å²) in [7, 11) is 0. The Morgan fingerprint density at radius 3 is 2.95 bits per heavy atom. The van der Waals surface area contributed by atoms with E-state index in [0.29, 0.717) is 5.13 Å². The van der Waals surface area contributed by atoms with E-state index >= 15 is 0 Å². The Balaban J connectivity index is 1.91. The summed E-state index contributed by atoms with van der Waals surface area (Å²) in [5.74, 6) is -1.37. The van der Waals surface area contributed by atoms with E-state index in [-0.39, 0.29) is 16.6 Å². The molecule has 2 aromatic rings. The van der Waals surface area contributed by atoms with Crippen molar-refractivity contribution >= 4 is 34.1 Å². The Morgan fingerprint density at radius 1 is 1.47 bits per heavy atom. The van der Waals surface area contributed by atoms with Crippen molar-refractivity contribution in [2.24, 2.45) is 0 Å². The summed E-state index contributed by atoms with van der Waals surface area (Å²) < 4.78 is 26.3. The number of aromatic nitrogens is 1. The molecule has 0 radical (unpaired) electrons. The predicted molar refractivity (Wildman–Crippen MR) is 72.6 cm³/mol. The molecule has 1 aromatic carbocycles. The second kappa shape index (κ2) is 6.12. The SMILES string of the molecule is Cc1csc(NC(=O)CSc2cc(F)ccc2F)n1. The number of hydrogen-bond donors (Lipinski definition) is 1. The van der Waals surface area contributed by atoms with Gasteiger partial charge >= 0.3 is 0 Å². The molecule has 0 unspecified atom stereocenters. The quantitative estimate of drug-likeness (QED) is 0.879. The number of thiazole rings is 1. The van der Waals surface area contributed by atoms with Gasteiger partial charge in [0, 0.05) is 10.3 Å². The fourth-order valence-corrected chi connectivity index (χ4v) is 2.76. The molecular formula is C12H10F2N2OS2. The van der Waals surface area contributed by atoms with E-state index in [1.54, 1.807) is 0 Å². The number of hydrogen-bond acceptors (Lipinski definition) is 4. The van der Waals surface area contributed by atoms with Crippen LogP contribution in [0.5, 0.6) is 0 Å². The van der Waals surface area contributed by atoms with Gasteiger partial charge in [0.1, 0.15) is 11.6 Å². The van der Waals surface area contributed by atoms with Gasteiger partial charge < -0.3 is 5.32 Å². The molecule has 0 aliphatic heterocycles. The summed E-state index contributed by atoms with van der Waals surface area (Å²) >= 11 is 2.26. The average Bonchev–Trinajstić information content (AvgIpc) is 2.76. The third-order valence-electron chi connectivity index (χ3n) is 2.12. The number of aryl methyl sites for hydroxylation is 1. The van der Waals surface area contributed by atoms with E-state index in [1.807, 2.05) is 12.3 Å². The first-order chi connectivity index (χ1) is 9.04. The molecule has 0 spiro atoms. The smallest absolute Gasteiger partial charge is 0.236 e. The number of nitrogens with one attached hydrogen (secondary N) is 1. The summed E-state index contributed by atoms with van der Waals surface area (Å²) in [5.41, 5.74) is 0.823. The monoisotopic (exact) mass is 300 g/mol. The molecule has 0 fully saturated rings. The van der Waals surface area contributed by atoms with Crippen LogP contribution in [0.15, 0.2) is 28.5 Å². The van der Waals surface area contributed by atoms with Crippen LogP contribution in [-0.4, -0.2) is 16.6 Å². The van der Waals surface area contributed by atoms with E-state index in [0.717, 1.165) is 35.7 Å². The lowest BCUT2D eigenvalue weighted by Gasteiger charge is -2.03. The largest absolute Gasteiger partial charge is 0.301 e. The lowest BCUT2D eigenvalue weighted by molar-refractivity contribution is -0.113. The van der Waals surface area contributed by atoms with Crippen molar-refractivity contribution in [2.75, 3.05) is 11.1 Å². The molecule has 7 heteroatoms. The normalized spacial score (nSPS) is 10.5. The van der Waals surface area contributed by atoms with Crippen LogP contribution in [0.25, 0.3) is 0 Å². The molecule has 1 amide bonds. The van der Waals surface area contributed by atoms with Crippen LogP contribution in [0, 0.1) is 18.6 Å². The highest BCUT2D eigenvalue weighted by molar-refractivity contribution is 8.00. The standard InChI is InChI=1S/C12H10F2N2OS2/c1-7-5-19-12(15-7)16-11(17)6-18-10-4-8(13)2-3-9(10)14/h2-5H,6H2,1H3,(H,15,16,17). The molecule has 2 rings (SSSR count). The Labute approximate surface area is 117 Å². The summed E-state index contributed by atoms with van der Waals surface area (Å²) in [6.45, 7) is 1.82. The summed E-state index contributed by atoms with van der Waals surface area (Å²) in [6, 6.07) is 3.15. The fraction of sp³-hybridized carbons (Fsp3) is 0.167. The molecule has 0 saturated carbocycles. The highest BCUT2D eigenvalue weighted by Gasteiger charge is 2.09. The van der Waals surface area contributed by atoms with Crippen LogP contribution >= 0.6 is 23.1 Å². The van der Waals surface area contributed by atoms with Crippen molar-refractivity contribution in [2.45, 2.75) is 11.8 Å². The minimum absolute atomic E-state index is 0.000991. The molecule has 0 bridgehead atoms. The van der Waals surface area contributed by atoms with Crippen molar-refractivity contribution in [3.05, 3.63) is 40.9 Å². The van der Waals surface area contributed by atoms with E-state index in [9.17, 15) is 13.6 Å². The average molecular weight is 300 g/mol. The van der Waals surface area contributed by atoms with Gasteiger partial charge in [0.15, 0.2) is 5.13 Å². The Hall–Kier alpha value is -1.47. The number of amides is 1. The van der Waals surface area contributed by atoms with Gasteiger partial charge in [-0.2, -0.15) is 0 Å². The molecule has 1 aromatic heterocycles. The van der Waals surface area contributed by atoms with E-state index in [2.05, 4.69) is 10.3 Å². The molecule has 0 aliphatic carbocycles. The topological polar surface area (TPSA) is 42.0 Å². The molecule has 19 heavy (non-hydrogen) atoms. The first-order valence-electron chi connectivity index (χ1n) is 5.34. The lowest BCUT2D eigenvalue weighted by Crippen LogP contribution is -2.13. The molecule has 1 N–H and O–H groups in total. The molecule has 100 valence electrons. The van der Waals surface area contributed by atoms with Crippen molar-refractivity contribution in [3.63, 3.8) is 0 Å². The number of thioether (sulfide) groups is 1. The highest BCUT2D eigenvalue weighted by Crippen LogP contribution is 2.23. The van der Waals surface area contributed by atoms with Gasteiger partial charge in [-0.25, -0.2) is 13.8 Å². The van der Waals surface area contributed by atoms with Crippen LogP contribution in [0.3, 0.4) is 0 Å². The molecule has 0 aliphatic rings. The van der Waals surface area contributed by atoms with Crippen molar-refractivity contribution in [3.8, 4) is 0 Å². The number of benzene rings is 1. The molecule has 3 nitrogen and oxygen atoms in total. The van der Waals surface area contributed by atoms with Crippen LogP contribution in [0.4, 0.5) is 13.9 Å². The van der Waals surface area contributed by atoms with E-state index < -0.39 is 11.6 Å². The first kappa shape index (κ1) is 14.0. The van der Waals surface area contributed by atoms with Gasteiger partial charge in [0.2, 0.25) is 5.91 Å².